The summed E-state index contributed by atoms with van der Waals surface area (Å²) >= 11 is 0. The van der Waals surface area contributed by atoms with Crippen LogP contribution < -0.4 is 0 Å². The third kappa shape index (κ3) is 2.47. The van der Waals surface area contributed by atoms with Crippen LogP contribution in [-0.2, 0) is 4.74 Å². The maximum absolute atomic E-state index is 9.60. The molecule has 0 aromatic rings. The average Bonchev–Trinajstić information content (AvgIpc) is 2.24. The normalized spacial score (nSPS) is 44.0. The van der Waals surface area contributed by atoms with Crippen LogP contribution >= 0.6 is 0 Å². The molecule has 0 aliphatic carbocycles. The molecule has 0 aromatic carbocycles. The topological polar surface area (TPSA) is 110 Å². The second kappa shape index (κ2) is 5.20. The van der Waals surface area contributed by atoms with E-state index in [1.165, 1.54) is 0 Å². The molecule has 6 atom stereocenters. The second-order valence-corrected chi connectivity index (χ2v) is 3.81. The Morgan fingerprint density at radius 3 is 2.13 bits per heavy atom. The van der Waals surface area contributed by atoms with Gasteiger partial charge in [0.2, 0.25) is 0 Å². The van der Waals surface area contributed by atoms with Gasteiger partial charge in [-0.3, -0.25) is 0 Å². The van der Waals surface area contributed by atoms with Crippen molar-refractivity contribution in [3.63, 3.8) is 0 Å². The monoisotopic (exact) mass is 222 g/mol. The summed E-state index contributed by atoms with van der Waals surface area (Å²) in [5.74, 6) is -0.378. The van der Waals surface area contributed by atoms with Gasteiger partial charge in [0.05, 0.1) is 6.10 Å². The lowest BCUT2D eigenvalue weighted by Crippen LogP contribution is -2.59. The summed E-state index contributed by atoms with van der Waals surface area (Å²) in [6.07, 6.45) is -6.15. The van der Waals surface area contributed by atoms with Gasteiger partial charge in [-0.05, 0) is 6.42 Å². The van der Waals surface area contributed by atoms with Gasteiger partial charge in [-0.25, -0.2) is 0 Å². The molecule has 0 spiro atoms. The summed E-state index contributed by atoms with van der Waals surface area (Å²) in [7, 11) is 0. The largest absolute Gasteiger partial charge is 0.396 e. The van der Waals surface area contributed by atoms with Crippen LogP contribution in [0.4, 0.5) is 0 Å². The number of ether oxygens (including phenoxy) is 1. The second-order valence-electron chi connectivity index (χ2n) is 3.81. The van der Waals surface area contributed by atoms with E-state index in [2.05, 4.69) is 0 Å². The molecule has 6 nitrogen and oxygen atoms in total. The van der Waals surface area contributed by atoms with Crippen molar-refractivity contribution in [2.24, 2.45) is 5.92 Å². The van der Waals surface area contributed by atoms with E-state index in [1.54, 1.807) is 6.92 Å². The maximum atomic E-state index is 9.60. The van der Waals surface area contributed by atoms with Crippen molar-refractivity contribution < 1.29 is 30.3 Å². The Kier molecular flexibility index (Phi) is 4.45. The molecule has 1 rings (SSSR count). The first-order chi connectivity index (χ1) is 7.02. The molecule has 15 heavy (non-hydrogen) atoms. The summed E-state index contributed by atoms with van der Waals surface area (Å²) < 4.78 is 4.96. The fraction of sp³-hybridized carbons (Fsp3) is 1.00. The number of hydrogen-bond acceptors (Lipinski definition) is 6. The molecule has 1 heterocycles. The van der Waals surface area contributed by atoms with Crippen LogP contribution in [0.15, 0.2) is 0 Å². The van der Waals surface area contributed by atoms with Crippen LogP contribution in [0.3, 0.4) is 0 Å². The minimum absolute atomic E-state index is 0.215. The Balaban J connectivity index is 2.73. The van der Waals surface area contributed by atoms with E-state index < -0.39 is 30.7 Å². The van der Waals surface area contributed by atoms with Crippen molar-refractivity contribution in [2.45, 2.75) is 44.1 Å². The van der Waals surface area contributed by atoms with Crippen LogP contribution in [0.25, 0.3) is 0 Å². The van der Waals surface area contributed by atoms with E-state index in [0.29, 0.717) is 6.42 Å². The van der Waals surface area contributed by atoms with E-state index in [9.17, 15) is 20.4 Å². The quantitative estimate of drug-likeness (QED) is 0.371. The molecule has 1 aliphatic heterocycles. The predicted molar refractivity (Wildman–Crippen MR) is 49.8 cm³/mol. The van der Waals surface area contributed by atoms with Gasteiger partial charge in [0, 0.05) is 12.5 Å². The summed E-state index contributed by atoms with van der Waals surface area (Å²) in [6.45, 7) is 1.58. The molecule has 1 fully saturated rings. The smallest absolute Gasteiger partial charge is 0.183 e. The first-order valence-corrected chi connectivity index (χ1v) is 5.01. The molecule has 0 aromatic heterocycles. The Bertz CT molecular complexity index is 195. The first-order valence-electron chi connectivity index (χ1n) is 5.01. The van der Waals surface area contributed by atoms with Gasteiger partial charge in [0.1, 0.15) is 18.3 Å². The molecule has 0 radical (unpaired) electrons. The molecular weight excluding hydrogens is 204 g/mol. The highest BCUT2D eigenvalue weighted by Crippen LogP contribution is 2.26. The summed E-state index contributed by atoms with van der Waals surface area (Å²) in [5.41, 5.74) is 0. The van der Waals surface area contributed by atoms with Gasteiger partial charge in [-0.1, -0.05) is 6.92 Å². The zero-order chi connectivity index (χ0) is 11.6. The van der Waals surface area contributed by atoms with Crippen molar-refractivity contribution in [1.29, 1.82) is 0 Å². The Morgan fingerprint density at radius 2 is 1.67 bits per heavy atom. The van der Waals surface area contributed by atoms with Crippen molar-refractivity contribution in [3.05, 3.63) is 0 Å². The van der Waals surface area contributed by atoms with Crippen molar-refractivity contribution in [1.82, 2.24) is 0 Å². The third-order valence-electron chi connectivity index (χ3n) is 2.85. The summed E-state index contributed by atoms with van der Waals surface area (Å²) in [4.78, 5) is 0. The predicted octanol–water partition coefficient (Wildman–Crippen LogP) is -2.20. The lowest BCUT2D eigenvalue weighted by atomic mass is 9.89. The highest BCUT2D eigenvalue weighted by atomic mass is 16.6. The number of hydrogen-bond donors (Lipinski definition) is 5. The fourth-order valence-electron chi connectivity index (χ4n) is 1.74. The third-order valence-corrected chi connectivity index (χ3v) is 2.85. The average molecular weight is 222 g/mol. The van der Waals surface area contributed by atoms with Gasteiger partial charge in [-0.15, -0.1) is 0 Å². The van der Waals surface area contributed by atoms with Gasteiger partial charge >= 0.3 is 0 Å². The van der Waals surface area contributed by atoms with Crippen molar-refractivity contribution in [2.75, 3.05) is 6.61 Å². The lowest BCUT2D eigenvalue weighted by molar-refractivity contribution is -0.293. The molecule has 90 valence electrons. The minimum atomic E-state index is -1.53. The lowest BCUT2D eigenvalue weighted by Gasteiger charge is -2.41. The molecule has 1 unspecified atom stereocenters. The number of rotatable bonds is 3. The zero-order valence-electron chi connectivity index (χ0n) is 8.52. The van der Waals surface area contributed by atoms with Gasteiger partial charge in [0.15, 0.2) is 6.29 Å². The Labute approximate surface area is 87.7 Å². The molecule has 6 heteroatoms. The molecule has 5 N–H and O–H groups in total. The minimum Gasteiger partial charge on any atom is -0.396 e. The SMILES string of the molecule is CC[C@@H](CO)[C@H]1OC(O)[C@@H](O)[C@@H](O)[C@@H]1O. The zero-order valence-corrected chi connectivity index (χ0v) is 8.52. The van der Waals surface area contributed by atoms with Crippen LogP contribution in [0.1, 0.15) is 13.3 Å². The van der Waals surface area contributed by atoms with Gasteiger partial charge in [-0.2, -0.15) is 0 Å². The highest BCUT2D eigenvalue weighted by molar-refractivity contribution is 4.91. The van der Waals surface area contributed by atoms with E-state index >= 15 is 0 Å². The van der Waals surface area contributed by atoms with E-state index in [0.717, 1.165) is 0 Å². The molecular formula is C9H18O6. The standard InChI is InChI=1S/C9H18O6/c1-2-4(3-10)8-6(12)5(11)7(13)9(14)15-8/h4-14H,2-3H2,1H3/t4-,5-,6-,7-,8+,9?/m0/s1. The van der Waals surface area contributed by atoms with Crippen LogP contribution in [0, 0.1) is 5.92 Å². The Morgan fingerprint density at radius 1 is 1.07 bits per heavy atom. The van der Waals surface area contributed by atoms with E-state index in [4.69, 9.17) is 9.84 Å². The highest BCUT2D eigenvalue weighted by Gasteiger charge is 2.45. The van der Waals surface area contributed by atoms with Crippen molar-refractivity contribution >= 4 is 0 Å². The summed E-state index contributed by atoms with van der Waals surface area (Å²) in [6, 6.07) is 0. The van der Waals surface area contributed by atoms with Crippen LogP contribution in [-0.4, -0.2) is 62.8 Å². The first kappa shape index (κ1) is 12.8. The molecule has 0 amide bonds. The van der Waals surface area contributed by atoms with Crippen LogP contribution in [0.2, 0.25) is 0 Å². The number of aliphatic hydroxyl groups excluding tert-OH is 5. The van der Waals surface area contributed by atoms with E-state index in [-0.39, 0.29) is 12.5 Å². The van der Waals surface area contributed by atoms with Crippen molar-refractivity contribution in [3.8, 4) is 0 Å². The molecule has 1 aliphatic rings. The molecule has 0 bridgehead atoms. The van der Waals surface area contributed by atoms with Crippen LogP contribution in [0.5, 0.6) is 0 Å². The molecule has 1 saturated heterocycles. The van der Waals surface area contributed by atoms with E-state index in [1.807, 2.05) is 0 Å². The molecule has 0 saturated carbocycles. The fourth-order valence-corrected chi connectivity index (χ4v) is 1.74. The van der Waals surface area contributed by atoms with Gasteiger partial charge < -0.3 is 30.3 Å². The Hall–Kier alpha value is -0.240. The summed E-state index contributed by atoms with van der Waals surface area (Å²) in [5, 5.41) is 46.5. The number of aliphatic hydroxyl groups is 5. The van der Waals surface area contributed by atoms with Gasteiger partial charge in [0.25, 0.3) is 0 Å². The maximum Gasteiger partial charge on any atom is 0.183 e.